The molecule has 1 aliphatic carbocycles. The Hall–Kier alpha value is -1.57. The maximum absolute atomic E-state index is 12.8. The number of nitrogens with one attached hydrogen (secondary N) is 2. The molecule has 1 heterocycles. The summed E-state index contributed by atoms with van der Waals surface area (Å²) < 4.78 is 43.7. The van der Waals surface area contributed by atoms with E-state index < -0.39 is 12.0 Å². The molecule has 2 atom stereocenters. The lowest BCUT2D eigenvalue weighted by Crippen LogP contribution is -2.20. The highest BCUT2D eigenvalue weighted by atomic mass is 19.4. The zero-order chi connectivity index (χ0) is 15.5. The summed E-state index contributed by atoms with van der Waals surface area (Å²) in [5.41, 5.74) is 0. The maximum atomic E-state index is 12.8. The molecule has 1 aromatic rings. The molecule has 0 radical (unpaired) electrons. The van der Waals surface area contributed by atoms with Gasteiger partial charge in [-0.3, -0.25) is 0 Å². The number of anilines is 2. The summed E-state index contributed by atoms with van der Waals surface area (Å²) in [6.45, 7) is 2.28. The quantitative estimate of drug-likeness (QED) is 0.876. The van der Waals surface area contributed by atoms with Gasteiger partial charge in [0.1, 0.15) is 11.6 Å². The molecule has 8 heteroatoms. The third-order valence-electron chi connectivity index (χ3n) is 3.41. The van der Waals surface area contributed by atoms with Crippen LogP contribution in [0.25, 0.3) is 0 Å². The third kappa shape index (κ3) is 4.20. The largest absolute Gasteiger partial charge is 0.451 e. The monoisotopic (exact) mass is 304 g/mol. The van der Waals surface area contributed by atoms with Gasteiger partial charge in [0, 0.05) is 25.8 Å². The van der Waals surface area contributed by atoms with Crippen LogP contribution in [0, 0.1) is 0 Å². The van der Waals surface area contributed by atoms with Crippen molar-refractivity contribution in [1.29, 1.82) is 0 Å². The number of hydrogen-bond donors (Lipinski definition) is 2. The Morgan fingerprint density at radius 3 is 2.57 bits per heavy atom. The normalized spacial score (nSPS) is 22.3. The van der Waals surface area contributed by atoms with Crippen LogP contribution in [0.2, 0.25) is 0 Å². The van der Waals surface area contributed by atoms with Crippen molar-refractivity contribution in [3.8, 4) is 0 Å². The van der Waals surface area contributed by atoms with Crippen LogP contribution in [0.3, 0.4) is 0 Å². The molecule has 0 saturated heterocycles. The first-order valence-electron chi connectivity index (χ1n) is 6.92. The van der Waals surface area contributed by atoms with E-state index in [0.29, 0.717) is 6.54 Å². The number of ether oxygens (including phenoxy) is 1. The maximum Gasteiger partial charge on any atom is 0.451 e. The Balaban J connectivity index is 2.16. The fourth-order valence-electron chi connectivity index (χ4n) is 2.41. The van der Waals surface area contributed by atoms with Gasteiger partial charge >= 0.3 is 6.18 Å². The summed E-state index contributed by atoms with van der Waals surface area (Å²) in [4.78, 5) is 7.06. The van der Waals surface area contributed by atoms with Crippen LogP contribution in [0.1, 0.15) is 32.0 Å². The molecule has 2 unspecified atom stereocenters. The number of nitrogens with zero attached hydrogens (tertiary/aromatic N) is 2. The number of aromatic nitrogens is 2. The average molecular weight is 304 g/mol. The van der Waals surface area contributed by atoms with E-state index in [1.165, 1.54) is 6.07 Å². The van der Waals surface area contributed by atoms with Gasteiger partial charge in [0.05, 0.1) is 6.10 Å². The Labute approximate surface area is 121 Å². The Bertz CT molecular complexity index is 481. The van der Waals surface area contributed by atoms with E-state index in [0.717, 1.165) is 19.3 Å². The van der Waals surface area contributed by atoms with E-state index in [-0.39, 0.29) is 23.8 Å². The fourth-order valence-corrected chi connectivity index (χ4v) is 2.41. The number of methoxy groups -OCH3 is 1. The van der Waals surface area contributed by atoms with Crippen LogP contribution < -0.4 is 10.6 Å². The second kappa shape index (κ2) is 6.46. The van der Waals surface area contributed by atoms with Crippen molar-refractivity contribution in [3.63, 3.8) is 0 Å². The van der Waals surface area contributed by atoms with Crippen LogP contribution >= 0.6 is 0 Å². The predicted molar refractivity (Wildman–Crippen MR) is 73.3 cm³/mol. The molecular formula is C13H19F3N4O. The number of halogens is 3. The lowest BCUT2D eigenvalue weighted by Gasteiger charge is -2.16. The Morgan fingerprint density at radius 2 is 2.00 bits per heavy atom. The van der Waals surface area contributed by atoms with E-state index in [4.69, 9.17) is 4.74 Å². The Morgan fingerprint density at radius 1 is 1.29 bits per heavy atom. The van der Waals surface area contributed by atoms with Crippen LogP contribution in [0.5, 0.6) is 0 Å². The van der Waals surface area contributed by atoms with E-state index in [1.54, 1.807) is 14.0 Å². The van der Waals surface area contributed by atoms with Crippen molar-refractivity contribution in [3.05, 3.63) is 11.9 Å². The predicted octanol–water partition coefficient (Wildman–Crippen LogP) is 2.91. The van der Waals surface area contributed by atoms with Crippen molar-refractivity contribution in [1.82, 2.24) is 9.97 Å². The van der Waals surface area contributed by atoms with E-state index in [1.807, 2.05) is 0 Å². The van der Waals surface area contributed by atoms with Gasteiger partial charge < -0.3 is 15.4 Å². The molecule has 1 saturated carbocycles. The zero-order valence-corrected chi connectivity index (χ0v) is 12.0. The highest BCUT2D eigenvalue weighted by Crippen LogP contribution is 2.30. The zero-order valence-electron chi connectivity index (χ0n) is 12.0. The minimum atomic E-state index is -4.56. The lowest BCUT2D eigenvalue weighted by atomic mass is 10.2. The van der Waals surface area contributed by atoms with E-state index in [9.17, 15) is 13.2 Å². The first-order chi connectivity index (χ1) is 9.92. The molecule has 1 aromatic heterocycles. The molecule has 0 aliphatic heterocycles. The minimum absolute atomic E-state index is 0.0698. The fraction of sp³-hybridized carbons (Fsp3) is 0.692. The number of hydrogen-bond acceptors (Lipinski definition) is 5. The third-order valence-corrected chi connectivity index (χ3v) is 3.41. The van der Waals surface area contributed by atoms with Crippen molar-refractivity contribution < 1.29 is 17.9 Å². The van der Waals surface area contributed by atoms with Gasteiger partial charge in [0.2, 0.25) is 5.82 Å². The van der Waals surface area contributed by atoms with E-state index >= 15 is 0 Å². The molecule has 0 aromatic carbocycles. The van der Waals surface area contributed by atoms with Gasteiger partial charge in [-0.25, -0.2) is 9.97 Å². The molecule has 0 amide bonds. The molecular weight excluding hydrogens is 285 g/mol. The van der Waals surface area contributed by atoms with Crippen molar-refractivity contribution >= 4 is 11.6 Å². The summed E-state index contributed by atoms with van der Waals surface area (Å²) in [5.74, 6) is -0.775. The van der Waals surface area contributed by atoms with Crippen molar-refractivity contribution in [2.24, 2.45) is 0 Å². The standard InChI is InChI=1S/C13H19F3N4O/c1-3-17-10-7-11(20-12(19-10)13(14,15)16)18-8-4-5-9(6-8)21-2/h7-9H,3-6H2,1-2H3,(H2,17,18,19,20). The first kappa shape index (κ1) is 15.8. The molecule has 0 bridgehead atoms. The van der Waals surface area contributed by atoms with Gasteiger partial charge in [-0.2, -0.15) is 13.2 Å². The minimum Gasteiger partial charge on any atom is -0.381 e. The SMILES string of the molecule is CCNc1cc(NC2CCC(OC)C2)nc(C(F)(F)F)n1. The van der Waals surface area contributed by atoms with Crippen LogP contribution in [0.4, 0.5) is 24.8 Å². The lowest BCUT2D eigenvalue weighted by molar-refractivity contribution is -0.144. The number of rotatable bonds is 5. The Kier molecular flexibility index (Phi) is 4.87. The number of alkyl halides is 3. The highest BCUT2D eigenvalue weighted by molar-refractivity contribution is 5.48. The molecule has 118 valence electrons. The molecule has 21 heavy (non-hydrogen) atoms. The van der Waals surface area contributed by atoms with Crippen LogP contribution in [-0.4, -0.2) is 35.8 Å². The van der Waals surface area contributed by atoms with Crippen molar-refractivity contribution in [2.45, 2.75) is 44.5 Å². The highest BCUT2D eigenvalue weighted by Gasteiger charge is 2.36. The summed E-state index contributed by atoms with van der Waals surface area (Å²) in [5, 5.41) is 5.83. The topological polar surface area (TPSA) is 59.1 Å². The molecule has 2 rings (SSSR count). The summed E-state index contributed by atoms with van der Waals surface area (Å²) in [6.07, 6.45) is -1.91. The molecule has 0 spiro atoms. The molecule has 1 fully saturated rings. The smallest absolute Gasteiger partial charge is 0.381 e. The van der Waals surface area contributed by atoms with Gasteiger partial charge in [-0.1, -0.05) is 0 Å². The van der Waals surface area contributed by atoms with Gasteiger partial charge in [0.25, 0.3) is 0 Å². The molecule has 5 nitrogen and oxygen atoms in total. The van der Waals surface area contributed by atoms with Crippen molar-refractivity contribution in [2.75, 3.05) is 24.3 Å². The van der Waals surface area contributed by atoms with E-state index in [2.05, 4.69) is 20.6 Å². The average Bonchev–Trinajstić information content (AvgIpc) is 2.85. The van der Waals surface area contributed by atoms with Gasteiger partial charge in [-0.05, 0) is 26.2 Å². The van der Waals surface area contributed by atoms with Crippen LogP contribution in [0.15, 0.2) is 6.07 Å². The summed E-state index contributed by atoms with van der Waals surface area (Å²) >= 11 is 0. The first-order valence-corrected chi connectivity index (χ1v) is 6.92. The van der Waals surface area contributed by atoms with Crippen LogP contribution in [-0.2, 0) is 10.9 Å². The van der Waals surface area contributed by atoms with Gasteiger partial charge in [0.15, 0.2) is 0 Å². The van der Waals surface area contributed by atoms with Gasteiger partial charge in [-0.15, -0.1) is 0 Å². The molecule has 2 N–H and O–H groups in total. The second-order valence-electron chi connectivity index (χ2n) is 5.00. The summed E-state index contributed by atoms with van der Waals surface area (Å²) in [7, 11) is 1.64. The molecule has 1 aliphatic rings. The summed E-state index contributed by atoms with van der Waals surface area (Å²) in [6, 6.07) is 1.57. The second-order valence-corrected chi connectivity index (χ2v) is 5.00.